The molecule has 0 amide bonds. The fourth-order valence-corrected chi connectivity index (χ4v) is 1.42. The Bertz CT molecular complexity index is 593. The van der Waals surface area contributed by atoms with E-state index >= 15 is 0 Å². The van der Waals surface area contributed by atoms with Gasteiger partial charge in [0.2, 0.25) is 0 Å². The topological polar surface area (TPSA) is 59.0 Å². The number of nitrogens with zero attached hydrogens (tertiary/aromatic N) is 2. The standard InChI is InChI=1S/C15H16F2N2O3/c1-11(20)13(14(21)22-15(2,16)17)10-19(3)18-9-12-7-5-4-6-8-12/h4-10H,1-3H3/b13-10+,18-9+. The number of carbonyl (C=O) groups is 2. The number of benzene rings is 1. The Hall–Kier alpha value is -2.57. The number of hydrogen-bond acceptors (Lipinski definition) is 5. The molecule has 22 heavy (non-hydrogen) atoms. The molecule has 118 valence electrons. The minimum absolute atomic E-state index is 0.417. The van der Waals surface area contributed by atoms with Crippen LogP contribution in [0.5, 0.6) is 0 Å². The molecule has 0 spiro atoms. The Labute approximate surface area is 126 Å². The molecule has 0 aliphatic carbocycles. The van der Waals surface area contributed by atoms with Crippen LogP contribution in [-0.4, -0.2) is 36.1 Å². The summed E-state index contributed by atoms with van der Waals surface area (Å²) in [5.74, 6) is -2.10. The molecule has 1 aromatic rings. The zero-order chi connectivity index (χ0) is 16.8. The van der Waals surface area contributed by atoms with Gasteiger partial charge in [0.15, 0.2) is 5.78 Å². The first kappa shape index (κ1) is 17.5. The summed E-state index contributed by atoms with van der Waals surface area (Å²) < 4.78 is 29.2. The van der Waals surface area contributed by atoms with Crippen LogP contribution in [0.15, 0.2) is 47.2 Å². The Morgan fingerprint density at radius 1 is 1.27 bits per heavy atom. The maximum Gasteiger partial charge on any atom is 0.397 e. The minimum atomic E-state index is -3.66. The van der Waals surface area contributed by atoms with Crippen LogP contribution in [0.2, 0.25) is 0 Å². The van der Waals surface area contributed by atoms with Gasteiger partial charge in [-0.05, 0) is 12.5 Å². The summed E-state index contributed by atoms with van der Waals surface area (Å²) in [6.45, 7) is 1.50. The van der Waals surface area contributed by atoms with Crippen molar-refractivity contribution in [1.29, 1.82) is 0 Å². The molecule has 0 saturated carbocycles. The maximum atomic E-state index is 12.7. The number of carbonyl (C=O) groups excluding carboxylic acids is 2. The molecule has 0 bridgehead atoms. The fourth-order valence-electron chi connectivity index (χ4n) is 1.42. The summed E-state index contributed by atoms with van der Waals surface area (Å²) in [5, 5.41) is 5.15. The average molecular weight is 310 g/mol. The van der Waals surface area contributed by atoms with Crippen molar-refractivity contribution < 1.29 is 23.1 Å². The Morgan fingerprint density at radius 3 is 2.36 bits per heavy atom. The molecule has 0 unspecified atom stereocenters. The van der Waals surface area contributed by atoms with E-state index in [1.165, 1.54) is 18.3 Å². The number of hydrogen-bond donors (Lipinski definition) is 0. The molecule has 0 saturated heterocycles. The van der Waals surface area contributed by atoms with Gasteiger partial charge in [-0.1, -0.05) is 30.3 Å². The highest BCUT2D eigenvalue weighted by Gasteiger charge is 2.30. The highest BCUT2D eigenvalue weighted by molar-refractivity contribution is 6.16. The molecule has 1 aromatic carbocycles. The molecule has 0 aromatic heterocycles. The molecular weight excluding hydrogens is 294 g/mol. The van der Waals surface area contributed by atoms with E-state index in [1.807, 2.05) is 18.2 Å². The van der Waals surface area contributed by atoms with E-state index in [2.05, 4.69) is 9.84 Å². The number of hydrazone groups is 1. The van der Waals surface area contributed by atoms with Gasteiger partial charge in [0.25, 0.3) is 0 Å². The van der Waals surface area contributed by atoms with Crippen LogP contribution in [0.3, 0.4) is 0 Å². The van der Waals surface area contributed by atoms with Crippen LogP contribution >= 0.6 is 0 Å². The normalized spacial score (nSPS) is 12.3. The molecule has 0 fully saturated rings. The maximum absolute atomic E-state index is 12.7. The summed E-state index contributed by atoms with van der Waals surface area (Å²) in [6, 6.07) is 9.09. The zero-order valence-corrected chi connectivity index (χ0v) is 12.4. The third kappa shape index (κ3) is 6.25. The largest absolute Gasteiger partial charge is 0.397 e. The van der Waals surface area contributed by atoms with Crippen molar-refractivity contribution in [1.82, 2.24) is 5.01 Å². The second-order valence-corrected chi connectivity index (χ2v) is 4.53. The summed E-state index contributed by atoms with van der Waals surface area (Å²) in [4.78, 5) is 22.9. The van der Waals surface area contributed by atoms with Crippen LogP contribution in [0.25, 0.3) is 0 Å². The lowest BCUT2D eigenvalue weighted by Gasteiger charge is -2.13. The SMILES string of the molecule is CC(=O)/C(=C\N(C)/N=C/c1ccccc1)C(=O)OC(C)(F)F. The first-order valence-corrected chi connectivity index (χ1v) is 6.35. The van der Waals surface area contributed by atoms with Gasteiger partial charge in [0, 0.05) is 20.2 Å². The van der Waals surface area contributed by atoms with Gasteiger partial charge in [-0.3, -0.25) is 9.80 Å². The number of Topliss-reactive ketones (excluding diaryl/α,β-unsaturated/α-hetero) is 1. The number of esters is 1. The van der Waals surface area contributed by atoms with Gasteiger partial charge in [-0.25, -0.2) is 4.79 Å². The van der Waals surface area contributed by atoms with Crippen molar-refractivity contribution in [2.45, 2.75) is 20.0 Å². The molecule has 1 rings (SSSR count). The van der Waals surface area contributed by atoms with Gasteiger partial charge in [-0.2, -0.15) is 13.9 Å². The lowest BCUT2D eigenvalue weighted by atomic mass is 10.2. The van der Waals surface area contributed by atoms with E-state index in [9.17, 15) is 18.4 Å². The summed E-state index contributed by atoms with van der Waals surface area (Å²) in [5.41, 5.74) is 0.282. The Morgan fingerprint density at radius 2 is 1.86 bits per heavy atom. The van der Waals surface area contributed by atoms with Crippen LogP contribution in [0.1, 0.15) is 19.4 Å². The van der Waals surface area contributed by atoms with Crippen molar-refractivity contribution in [3.8, 4) is 0 Å². The van der Waals surface area contributed by atoms with E-state index in [-0.39, 0.29) is 0 Å². The summed E-state index contributed by atoms with van der Waals surface area (Å²) in [7, 11) is 1.46. The number of halogens is 2. The van der Waals surface area contributed by atoms with Crippen LogP contribution in [0, 0.1) is 0 Å². The van der Waals surface area contributed by atoms with Gasteiger partial charge in [0.05, 0.1) is 6.21 Å². The third-order valence-electron chi connectivity index (χ3n) is 2.38. The van der Waals surface area contributed by atoms with Crippen LogP contribution < -0.4 is 0 Å². The van der Waals surface area contributed by atoms with Gasteiger partial charge < -0.3 is 4.74 Å². The van der Waals surface area contributed by atoms with E-state index in [0.717, 1.165) is 18.7 Å². The van der Waals surface area contributed by atoms with E-state index in [4.69, 9.17) is 0 Å². The van der Waals surface area contributed by atoms with Gasteiger partial charge >= 0.3 is 12.1 Å². The number of alkyl halides is 2. The Balaban J connectivity index is 2.87. The fraction of sp³-hybridized carbons (Fsp3) is 0.267. The van der Waals surface area contributed by atoms with E-state index < -0.39 is 23.4 Å². The lowest BCUT2D eigenvalue weighted by Crippen LogP contribution is -2.25. The first-order chi connectivity index (χ1) is 10.2. The molecule has 0 atom stereocenters. The second-order valence-electron chi connectivity index (χ2n) is 4.53. The number of rotatable bonds is 6. The molecular formula is C15H16F2N2O3. The Kier molecular flexibility index (Phi) is 5.91. The average Bonchev–Trinajstić information content (AvgIpc) is 2.41. The van der Waals surface area contributed by atoms with Crippen molar-refractivity contribution in [2.75, 3.05) is 7.05 Å². The summed E-state index contributed by atoms with van der Waals surface area (Å²) in [6.07, 6.45) is -1.12. The predicted octanol–water partition coefficient (Wildman–Crippen LogP) is 2.58. The van der Waals surface area contributed by atoms with E-state index in [0.29, 0.717) is 6.92 Å². The highest BCUT2D eigenvalue weighted by atomic mass is 19.3. The third-order valence-corrected chi connectivity index (χ3v) is 2.38. The second kappa shape index (κ2) is 7.44. The lowest BCUT2D eigenvalue weighted by molar-refractivity contribution is -0.218. The van der Waals surface area contributed by atoms with Gasteiger partial charge in [-0.15, -0.1) is 0 Å². The van der Waals surface area contributed by atoms with Crippen molar-refractivity contribution >= 4 is 18.0 Å². The van der Waals surface area contributed by atoms with E-state index in [1.54, 1.807) is 12.1 Å². The summed E-state index contributed by atoms with van der Waals surface area (Å²) >= 11 is 0. The van der Waals surface area contributed by atoms with Crippen LogP contribution in [0.4, 0.5) is 8.78 Å². The van der Waals surface area contributed by atoms with Crippen LogP contribution in [-0.2, 0) is 14.3 Å². The van der Waals surface area contributed by atoms with Crippen molar-refractivity contribution in [3.63, 3.8) is 0 Å². The number of ketones is 1. The predicted molar refractivity (Wildman–Crippen MR) is 77.3 cm³/mol. The smallest absolute Gasteiger partial charge is 0.397 e. The zero-order valence-electron chi connectivity index (χ0n) is 12.4. The van der Waals surface area contributed by atoms with Crippen molar-refractivity contribution in [2.24, 2.45) is 5.10 Å². The molecule has 0 radical (unpaired) electrons. The molecule has 0 N–H and O–H groups in total. The molecule has 0 heterocycles. The molecule has 7 heteroatoms. The first-order valence-electron chi connectivity index (χ1n) is 6.35. The van der Waals surface area contributed by atoms with Gasteiger partial charge in [0.1, 0.15) is 5.57 Å². The van der Waals surface area contributed by atoms with Crippen molar-refractivity contribution in [3.05, 3.63) is 47.7 Å². The monoisotopic (exact) mass is 310 g/mol. The molecule has 0 aliphatic heterocycles. The minimum Gasteiger partial charge on any atom is -0.397 e. The number of ether oxygens (including phenoxy) is 1. The quantitative estimate of drug-likeness (QED) is 0.202. The molecule has 5 nitrogen and oxygen atoms in total. The highest BCUT2D eigenvalue weighted by Crippen LogP contribution is 2.16. The molecule has 0 aliphatic rings.